The molecule has 1 aliphatic rings. The third kappa shape index (κ3) is 4.77. The number of halogens is 7. The number of hydrogen-bond acceptors (Lipinski definition) is 6. The van der Waals surface area contributed by atoms with Crippen LogP contribution in [0, 0.1) is 0 Å². The molecule has 0 radical (unpaired) electrons. The van der Waals surface area contributed by atoms with Gasteiger partial charge in [0.1, 0.15) is 0 Å². The molecule has 2 aromatic heterocycles. The monoisotopic (exact) mass is 519 g/mol. The molecule has 0 saturated heterocycles. The second-order valence-corrected chi connectivity index (χ2v) is 8.15. The van der Waals surface area contributed by atoms with Gasteiger partial charge in [-0.05, 0) is 43.2 Å². The number of aromatic amines is 1. The number of nitrogens with zero attached hydrogens (tertiary/aromatic N) is 4. The average molecular weight is 520 g/mol. The summed E-state index contributed by atoms with van der Waals surface area (Å²) in [5, 5.41) is 1.19. The number of carbonyl (C=O) groups excluding carboxylic acids is 1. The number of nitrogens with one attached hydrogen (secondary N) is 1. The summed E-state index contributed by atoms with van der Waals surface area (Å²) in [7, 11) is 1.14. The van der Waals surface area contributed by atoms with Crippen molar-refractivity contribution in [1.29, 1.82) is 0 Å². The number of esters is 1. The van der Waals surface area contributed by atoms with Crippen LogP contribution in [0.4, 0.5) is 32.3 Å². The first-order chi connectivity index (χ1) is 16.3. The maximum absolute atomic E-state index is 13.3. The number of carbonyl (C=O) groups is 1. The lowest BCUT2D eigenvalue weighted by molar-refractivity contribution is -0.155. The molecule has 1 atom stereocenters. The quantitative estimate of drug-likeness (QED) is 0.288. The van der Waals surface area contributed by atoms with Crippen LogP contribution in [0.5, 0.6) is 0 Å². The van der Waals surface area contributed by atoms with Gasteiger partial charge in [0.25, 0.3) is 0 Å². The normalized spacial score (nSPS) is 17.0. The zero-order valence-corrected chi connectivity index (χ0v) is 18.8. The molecule has 186 valence electrons. The Morgan fingerprint density at radius 3 is 2.34 bits per heavy atom. The number of rotatable bonds is 3. The van der Waals surface area contributed by atoms with Crippen molar-refractivity contribution in [1.82, 2.24) is 19.9 Å². The third-order valence-electron chi connectivity index (χ3n) is 5.44. The molecule has 0 spiro atoms. The van der Waals surface area contributed by atoms with Crippen molar-refractivity contribution in [2.24, 2.45) is 0 Å². The number of benzene rings is 1. The van der Waals surface area contributed by atoms with Crippen LogP contribution in [0.2, 0.25) is 5.02 Å². The number of anilines is 1. The van der Waals surface area contributed by atoms with Crippen molar-refractivity contribution in [3.8, 4) is 0 Å². The molecule has 3 heterocycles. The van der Waals surface area contributed by atoms with Gasteiger partial charge in [-0.2, -0.15) is 36.3 Å². The highest BCUT2D eigenvalue weighted by Crippen LogP contribution is 2.40. The van der Waals surface area contributed by atoms with E-state index in [-0.39, 0.29) is 18.5 Å². The Morgan fingerprint density at radius 1 is 1.14 bits per heavy atom. The summed E-state index contributed by atoms with van der Waals surface area (Å²) in [6.07, 6.45) is -8.90. The third-order valence-corrected chi connectivity index (χ3v) is 5.67. The highest BCUT2D eigenvalue weighted by molar-refractivity contribution is 6.31. The van der Waals surface area contributed by atoms with Crippen molar-refractivity contribution in [3.63, 3.8) is 0 Å². The fourth-order valence-corrected chi connectivity index (χ4v) is 4.07. The number of alkyl halides is 6. The molecule has 1 aromatic carbocycles. The van der Waals surface area contributed by atoms with Gasteiger partial charge in [0.2, 0.25) is 17.6 Å². The first-order valence-electron chi connectivity index (χ1n) is 10.0. The number of ether oxygens (including phenoxy) is 1. The number of H-pyrrole nitrogens is 1. The second-order valence-electron chi connectivity index (χ2n) is 7.71. The van der Waals surface area contributed by atoms with E-state index in [1.54, 1.807) is 18.2 Å². The Morgan fingerprint density at radius 2 is 1.77 bits per heavy atom. The minimum atomic E-state index is -5.25. The van der Waals surface area contributed by atoms with Gasteiger partial charge in [0, 0.05) is 33.7 Å². The van der Waals surface area contributed by atoms with E-state index in [1.165, 1.54) is 13.0 Å². The average Bonchev–Trinajstić information content (AvgIpc) is 3.15. The summed E-state index contributed by atoms with van der Waals surface area (Å²) in [4.78, 5) is 25.5. The smallest absolute Gasteiger partial charge is 0.451 e. The molecule has 4 rings (SSSR count). The highest BCUT2D eigenvalue weighted by Gasteiger charge is 2.43. The van der Waals surface area contributed by atoms with E-state index in [4.69, 9.17) is 16.3 Å². The van der Waals surface area contributed by atoms with Gasteiger partial charge in [0.15, 0.2) is 0 Å². The van der Waals surface area contributed by atoms with E-state index in [1.807, 2.05) is 0 Å². The minimum absolute atomic E-state index is 0.0549. The standard InChI is InChI=1S/C21H16ClF6N5O2/c1-9(16(34)35-2)7-14-15-11(12-8-10(22)3-4-13(12)29-15)5-6-33(14)19-31-17(20(23,24)25)30-18(32-19)21(26,27)28/h3-4,7-8,14,29H,5-6H2,1-2H3/b9-7+. The summed E-state index contributed by atoms with van der Waals surface area (Å²) >= 11 is 6.11. The van der Waals surface area contributed by atoms with Crippen LogP contribution in [0.25, 0.3) is 10.9 Å². The van der Waals surface area contributed by atoms with E-state index in [9.17, 15) is 31.1 Å². The molecule has 0 saturated carbocycles. The van der Waals surface area contributed by atoms with Gasteiger partial charge in [-0.15, -0.1) is 0 Å². The molecule has 1 N–H and O–H groups in total. The fourth-order valence-electron chi connectivity index (χ4n) is 3.90. The van der Waals surface area contributed by atoms with Crippen LogP contribution in [-0.2, 0) is 28.3 Å². The van der Waals surface area contributed by atoms with Crippen LogP contribution in [0.3, 0.4) is 0 Å². The van der Waals surface area contributed by atoms with E-state index >= 15 is 0 Å². The van der Waals surface area contributed by atoms with Gasteiger partial charge >= 0.3 is 18.3 Å². The molecule has 1 aliphatic heterocycles. The van der Waals surface area contributed by atoms with Gasteiger partial charge in [-0.1, -0.05) is 11.6 Å². The van der Waals surface area contributed by atoms with E-state index in [0.29, 0.717) is 16.2 Å². The molecule has 0 bridgehead atoms. The number of hydrogen-bond donors (Lipinski definition) is 1. The number of fused-ring (bicyclic) bond motifs is 3. The zero-order valence-electron chi connectivity index (χ0n) is 18.1. The van der Waals surface area contributed by atoms with Crippen LogP contribution < -0.4 is 4.90 Å². The topological polar surface area (TPSA) is 84.0 Å². The molecule has 35 heavy (non-hydrogen) atoms. The summed E-state index contributed by atoms with van der Waals surface area (Å²) in [5.41, 5.74) is 1.92. The van der Waals surface area contributed by atoms with Crippen molar-refractivity contribution in [2.75, 3.05) is 18.6 Å². The summed E-state index contributed by atoms with van der Waals surface area (Å²) in [6.45, 7) is 1.36. The highest BCUT2D eigenvalue weighted by atomic mass is 35.5. The molecule has 1 unspecified atom stereocenters. The van der Waals surface area contributed by atoms with Crippen molar-refractivity contribution in [2.45, 2.75) is 31.7 Å². The first-order valence-corrected chi connectivity index (χ1v) is 10.4. The Hall–Kier alpha value is -3.35. The predicted molar refractivity (Wildman–Crippen MR) is 113 cm³/mol. The Balaban J connectivity index is 1.93. The Kier molecular flexibility index (Phi) is 6.16. The molecule has 0 aliphatic carbocycles. The molecular weight excluding hydrogens is 504 g/mol. The molecule has 0 amide bonds. The van der Waals surface area contributed by atoms with Crippen molar-refractivity contribution >= 4 is 34.4 Å². The van der Waals surface area contributed by atoms with Crippen LogP contribution in [0.15, 0.2) is 29.8 Å². The Labute approximate surface area is 198 Å². The van der Waals surface area contributed by atoms with Gasteiger partial charge in [-0.25, -0.2) is 9.78 Å². The molecule has 3 aromatic rings. The SMILES string of the molecule is COC(=O)/C(C)=C/C1c2[nH]c3ccc(Cl)cc3c2CCN1c1nc(C(F)(F)F)nc(C(F)(F)F)n1. The van der Waals surface area contributed by atoms with Gasteiger partial charge in [0.05, 0.1) is 13.2 Å². The molecule has 0 fully saturated rings. The number of methoxy groups -OCH3 is 1. The van der Waals surface area contributed by atoms with Crippen molar-refractivity contribution in [3.05, 3.63) is 57.8 Å². The second kappa shape index (κ2) is 8.70. The van der Waals surface area contributed by atoms with Crippen molar-refractivity contribution < 1.29 is 35.9 Å². The van der Waals surface area contributed by atoms with E-state index < -0.39 is 42.0 Å². The molecule has 7 nitrogen and oxygen atoms in total. The maximum atomic E-state index is 13.3. The summed E-state index contributed by atoms with van der Waals surface area (Å²) < 4.78 is 84.8. The first kappa shape index (κ1) is 24.8. The van der Waals surface area contributed by atoms with Crippen LogP contribution >= 0.6 is 11.6 Å². The van der Waals surface area contributed by atoms with Crippen LogP contribution in [0.1, 0.15) is 35.9 Å². The van der Waals surface area contributed by atoms with E-state index in [0.717, 1.165) is 23.0 Å². The van der Waals surface area contributed by atoms with Gasteiger partial charge in [-0.3, -0.25) is 0 Å². The Bertz CT molecular complexity index is 1300. The van der Waals surface area contributed by atoms with Gasteiger partial charge < -0.3 is 14.6 Å². The largest absolute Gasteiger partial charge is 0.466 e. The van der Waals surface area contributed by atoms with Crippen LogP contribution in [-0.4, -0.2) is 39.6 Å². The minimum Gasteiger partial charge on any atom is -0.466 e. The number of aromatic nitrogens is 4. The summed E-state index contributed by atoms with van der Waals surface area (Å²) in [6, 6.07) is 4.00. The van der Waals surface area contributed by atoms with E-state index in [2.05, 4.69) is 19.9 Å². The fraction of sp³-hybridized carbons (Fsp3) is 0.333. The lowest BCUT2D eigenvalue weighted by Crippen LogP contribution is -2.37. The molecular formula is C21H16ClF6N5O2. The summed E-state index contributed by atoms with van der Waals surface area (Å²) in [5.74, 6) is -5.51. The lowest BCUT2D eigenvalue weighted by Gasteiger charge is -2.34. The maximum Gasteiger partial charge on any atom is 0.451 e. The lowest BCUT2D eigenvalue weighted by atomic mass is 9.96. The zero-order chi connectivity index (χ0) is 25.7. The predicted octanol–water partition coefficient (Wildman–Crippen LogP) is 5.27. The molecule has 14 heteroatoms.